The summed E-state index contributed by atoms with van der Waals surface area (Å²) in [5, 5.41) is 25.4. The molecule has 0 spiro atoms. The molecule has 0 saturated heterocycles. The molecule has 0 heterocycles. The maximum Gasteiger partial charge on any atom is 0.326 e. The first-order chi connectivity index (χ1) is 13.3. The number of rotatable bonds is 12. The Labute approximate surface area is 168 Å². The van der Waals surface area contributed by atoms with Gasteiger partial charge in [-0.2, -0.15) is 0 Å². The van der Waals surface area contributed by atoms with E-state index in [9.17, 15) is 29.1 Å². The zero-order valence-corrected chi connectivity index (χ0v) is 17.0. The summed E-state index contributed by atoms with van der Waals surface area (Å²) in [5.41, 5.74) is 10.5. The molecule has 0 aliphatic rings. The minimum absolute atomic E-state index is 0.385. The number of hydrogen-bond donors (Lipinski definition) is 7. The summed E-state index contributed by atoms with van der Waals surface area (Å²) in [6.07, 6.45) is -1.26. The van der Waals surface area contributed by atoms with Gasteiger partial charge in [-0.05, 0) is 19.8 Å². The van der Waals surface area contributed by atoms with Crippen LogP contribution in [0, 0.1) is 5.92 Å². The number of carboxylic acids is 1. The van der Waals surface area contributed by atoms with Crippen LogP contribution in [0.15, 0.2) is 0 Å². The highest BCUT2D eigenvalue weighted by Crippen LogP contribution is 2.09. The van der Waals surface area contributed by atoms with Gasteiger partial charge in [0, 0.05) is 0 Å². The summed E-state index contributed by atoms with van der Waals surface area (Å²) in [6, 6.07) is -4.96. The first-order valence-electron chi connectivity index (χ1n) is 9.17. The van der Waals surface area contributed by atoms with E-state index >= 15 is 0 Å². The zero-order chi connectivity index (χ0) is 22.9. The molecule has 166 valence electrons. The highest BCUT2D eigenvalue weighted by atomic mass is 16.4. The lowest BCUT2D eigenvalue weighted by molar-refractivity contribution is -0.144. The predicted molar refractivity (Wildman–Crippen MR) is 102 cm³/mol. The van der Waals surface area contributed by atoms with Crippen LogP contribution in [0.1, 0.15) is 40.5 Å². The summed E-state index contributed by atoms with van der Waals surface area (Å²) in [4.78, 5) is 59.0. The number of nitrogens with two attached hydrogens (primary N) is 2. The predicted octanol–water partition coefficient (Wildman–Crippen LogP) is -2.83. The summed E-state index contributed by atoms with van der Waals surface area (Å²) in [6.45, 7) is 6.12. The normalized spacial score (nSPS) is 17.0. The molecule has 0 aliphatic carbocycles. The molecule has 0 aromatic rings. The van der Waals surface area contributed by atoms with Crippen LogP contribution in [-0.2, 0) is 24.0 Å². The standard InChI is InChI=1S/C17H31N5O7/c1-5-7(2)13(16(27)21-10(17(28)29)6-11(18)24)22-14(25)8(3)20-15(26)12(19)9(4)23/h7-10,12-13,23H,5-6,19H2,1-4H3,(H2,18,24)(H,20,26)(H,21,27)(H,22,25)(H,28,29). The lowest BCUT2D eigenvalue weighted by Gasteiger charge is -2.27. The number of hydrogen-bond acceptors (Lipinski definition) is 7. The van der Waals surface area contributed by atoms with E-state index in [2.05, 4.69) is 16.0 Å². The van der Waals surface area contributed by atoms with Gasteiger partial charge in [0.1, 0.15) is 24.2 Å². The number of primary amides is 1. The topological polar surface area (TPSA) is 214 Å². The van der Waals surface area contributed by atoms with Crippen LogP contribution in [0.25, 0.3) is 0 Å². The summed E-state index contributed by atoms with van der Waals surface area (Å²) < 4.78 is 0. The van der Waals surface area contributed by atoms with Crippen LogP contribution in [0.2, 0.25) is 0 Å². The summed E-state index contributed by atoms with van der Waals surface area (Å²) >= 11 is 0. The highest BCUT2D eigenvalue weighted by molar-refractivity contribution is 5.94. The average molecular weight is 417 g/mol. The molecular formula is C17H31N5O7. The third-order valence-electron chi connectivity index (χ3n) is 4.39. The first kappa shape index (κ1) is 26.3. The summed E-state index contributed by atoms with van der Waals surface area (Å²) in [5.74, 6) is -5.00. The Morgan fingerprint density at radius 2 is 1.48 bits per heavy atom. The van der Waals surface area contributed by atoms with Gasteiger partial charge in [0.05, 0.1) is 12.5 Å². The van der Waals surface area contributed by atoms with Gasteiger partial charge >= 0.3 is 5.97 Å². The molecule has 0 fully saturated rings. The second kappa shape index (κ2) is 12.0. The van der Waals surface area contributed by atoms with E-state index in [0.717, 1.165) is 0 Å². The Hall–Kier alpha value is -2.73. The largest absolute Gasteiger partial charge is 0.480 e. The van der Waals surface area contributed by atoms with Gasteiger partial charge in [-0.3, -0.25) is 19.2 Å². The number of carboxylic acid groups (broad SMARTS) is 1. The van der Waals surface area contributed by atoms with Crippen molar-refractivity contribution in [3.05, 3.63) is 0 Å². The number of carbonyl (C=O) groups excluding carboxylic acids is 4. The minimum atomic E-state index is -1.54. The summed E-state index contributed by atoms with van der Waals surface area (Å²) in [7, 11) is 0. The van der Waals surface area contributed by atoms with Crippen LogP contribution in [0.5, 0.6) is 0 Å². The van der Waals surface area contributed by atoms with Crippen molar-refractivity contribution in [2.75, 3.05) is 0 Å². The monoisotopic (exact) mass is 417 g/mol. The molecule has 0 aliphatic heterocycles. The smallest absolute Gasteiger partial charge is 0.326 e. The quantitative estimate of drug-likeness (QED) is 0.175. The van der Waals surface area contributed by atoms with Crippen molar-refractivity contribution in [2.24, 2.45) is 17.4 Å². The molecule has 0 aromatic heterocycles. The third-order valence-corrected chi connectivity index (χ3v) is 4.39. The van der Waals surface area contributed by atoms with Crippen molar-refractivity contribution >= 4 is 29.6 Å². The fourth-order valence-corrected chi connectivity index (χ4v) is 2.24. The van der Waals surface area contributed by atoms with Gasteiger partial charge in [0.25, 0.3) is 0 Å². The fraction of sp³-hybridized carbons (Fsp3) is 0.706. The number of aliphatic hydroxyl groups excluding tert-OH is 1. The number of aliphatic carboxylic acids is 1. The molecule has 0 rings (SSSR count). The van der Waals surface area contributed by atoms with E-state index in [-0.39, 0.29) is 5.92 Å². The molecule has 6 unspecified atom stereocenters. The van der Waals surface area contributed by atoms with Crippen molar-refractivity contribution < 1.29 is 34.2 Å². The lowest BCUT2D eigenvalue weighted by atomic mass is 9.97. The van der Waals surface area contributed by atoms with Crippen LogP contribution >= 0.6 is 0 Å². The number of amides is 4. The van der Waals surface area contributed by atoms with Gasteiger partial charge in [0.15, 0.2) is 0 Å². The number of carbonyl (C=O) groups is 5. The van der Waals surface area contributed by atoms with Crippen molar-refractivity contribution in [2.45, 2.75) is 70.8 Å². The van der Waals surface area contributed by atoms with Gasteiger partial charge in [-0.1, -0.05) is 20.3 Å². The molecule has 9 N–H and O–H groups in total. The van der Waals surface area contributed by atoms with E-state index in [1.807, 2.05) is 0 Å². The van der Waals surface area contributed by atoms with Crippen LogP contribution in [0.3, 0.4) is 0 Å². The Morgan fingerprint density at radius 3 is 1.90 bits per heavy atom. The Balaban J connectivity index is 5.21. The fourth-order valence-electron chi connectivity index (χ4n) is 2.24. The second-order valence-corrected chi connectivity index (χ2v) is 6.94. The van der Waals surface area contributed by atoms with Crippen molar-refractivity contribution in [3.8, 4) is 0 Å². The Kier molecular flexibility index (Phi) is 10.8. The van der Waals surface area contributed by atoms with Crippen molar-refractivity contribution in [1.29, 1.82) is 0 Å². The molecular weight excluding hydrogens is 386 g/mol. The molecule has 29 heavy (non-hydrogen) atoms. The molecule has 4 amide bonds. The Morgan fingerprint density at radius 1 is 0.931 bits per heavy atom. The molecule has 0 bridgehead atoms. The number of aliphatic hydroxyl groups is 1. The molecule has 0 aromatic carbocycles. The van der Waals surface area contributed by atoms with Gasteiger partial charge in [-0.25, -0.2) is 4.79 Å². The molecule has 12 nitrogen and oxygen atoms in total. The highest BCUT2D eigenvalue weighted by Gasteiger charge is 2.32. The van der Waals surface area contributed by atoms with Crippen LogP contribution in [0.4, 0.5) is 0 Å². The van der Waals surface area contributed by atoms with E-state index in [4.69, 9.17) is 16.6 Å². The zero-order valence-electron chi connectivity index (χ0n) is 17.0. The van der Waals surface area contributed by atoms with Gasteiger partial charge < -0.3 is 37.6 Å². The SMILES string of the molecule is CCC(C)C(NC(=O)C(C)NC(=O)C(N)C(C)O)C(=O)NC(CC(N)=O)C(=O)O. The van der Waals surface area contributed by atoms with E-state index in [1.165, 1.54) is 13.8 Å². The minimum Gasteiger partial charge on any atom is -0.480 e. The first-order valence-corrected chi connectivity index (χ1v) is 9.17. The van der Waals surface area contributed by atoms with E-state index < -0.39 is 66.3 Å². The van der Waals surface area contributed by atoms with Crippen LogP contribution < -0.4 is 27.4 Å². The van der Waals surface area contributed by atoms with Gasteiger partial charge in [0.2, 0.25) is 23.6 Å². The second-order valence-electron chi connectivity index (χ2n) is 6.94. The molecule has 6 atom stereocenters. The third kappa shape index (κ3) is 8.87. The van der Waals surface area contributed by atoms with Crippen molar-refractivity contribution in [3.63, 3.8) is 0 Å². The maximum absolute atomic E-state index is 12.5. The van der Waals surface area contributed by atoms with E-state index in [1.54, 1.807) is 13.8 Å². The Bertz CT molecular complexity index is 625. The van der Waals surface area contributed by atoms with Gasteiger partial charge in [-0.15, -0.1) is 0 Å². The molecule has 0 saturated carbocycles. The van der Waals surface area contributed by atoms with E-state index in [0.29, 0.717) is 6.42 Å². The maximum atomic E-state index is 12.5. The molecule has 0 radical (unpaired) electrons. The van der Waals surface area contributed by atoms with Crippen LogP contribution in [-0.4, -0.2) is 70.1 Å². The van der Waals surface area contributed by atoms with Crippen molar-refractivity contribution in [1.82, 2.24) is 16.0 Å². The lowest BCUT2D eigenvalue weighted by Crippen LogP contribution is -2.58. The molecule has 12 heteroatoms. The number of nitrogens with one attached hydrogen (secondary N) is 3. The average Bonchev–Trinajstić information content (AvgIpc) is 2.62.